The molecule has 3 heteroatoms. The van der Waals surface area contributed by atoms with Crippen LogP contribution in [0.15, 0.2) is 0 Å². The molecular weight excluding hydrogens is 202 g/mol. The van der Waals surface area contributed by atoms with E-state index >= 15 is 0 Å². The summed E-state index contributed by atoms with van der Waals surface area (Å²) in [5.41, 5.74) is 0. The first-order valence-electron chi connectivity index (χ1n) is 6.50. The van der Waals surface area contributed by atoms with E-state index in [-0.39, 0.29) is 0 Å². The first-order valence-corrected chi connectivity index (χ1v) is 6.50. The molecule has 1 N–H and O–H groups in total. The van der Waals surface area contributed by atoms with Crippen molar-refractivity contribution in [2.75, 3.05) is 13.1 Å². The highest BCUT2D eigenvalue weighted by Gasteiger charge is 2.31. The van der Waals surface area contributed by atoms with Gasteiger partial charge in [0.15, 0.2) is 0 Å². The molecule has 1 aliphatic rings. The van der Waals surface area contributed by atoms with Crippen molar-refractivity contribution in [1.82, 2.24) is 4.90 Å². The summed E-state index contributed by atoms with van der Waals surface area (Å²) in [6.07, 6.45) is 3.65. The average molecular weight is 227 g/mol. The molecule has 0 spiro atoms. The van der Waals surface area contributed by atoms with E-state index in [1.807, 2.05) is 0 Å². The van der Waals surface area contributed by atoms with Crippen molar-refractivity contribution in [3.63, 3.8) is 0 Å². The summed E-state index contributed by atoms with van der Waals surface area (Å²) < 4.78 is 0. The number of carbonyl (C=O) groups is 1. The molecule has 0 aromatic rings. The molecule has 0 amide bonds. The zero-order chi connectivity index (χ0) is 12.1. The van der Waals surface area contributed by atoms with Crippen LogP contribution in [0.2, 0.25) is 0 Å². The number of piperidine rings is 1. The lowest BCUT2D eigenvalue weighted by molar-refractivity contribution is -0.139. The minimum Gasteiger partial charge on any atom is -0.481 e. The molecule has 0 unspecified atom stereocenters. The average Bonchev–Trinajstić information content (AvgIpc) is 2.16. The number of nitrogens with zero attached hydrogens (tertiary/aromatic N) is 1. The standard InChI is InChI=1S/C13H25NO2/c1-4-12-11(8-13(15)16)6-5-7-14(12)9-10(2)3/h10-12H,4-9H2,1-3H3,(H,15,16)/t11-,12-/m1/s1. The van der Waals surface area contributed by atoms with Gasteiger partial charge in [0.25, 0.3) is 0 Å². The molecule has 1 aliphatic heterocycles. The lowest BCUT2D eigenvalue weighted by atomic mass is 9.84. The first kappa shape index (κ1) is 13.5. The Morgan fingerprint density at radius 2 is 2.19 bits per heavy atom. The second-order valence-electron chi connectivity index (χ2n) is 5.36. The fraction of sp³-hybridized carbons (Fsp3) is 0.923. The maximum Gasteiger partial charge on any atom is 0.303 e. The third-order valence-electron chi connectivity index (χ3n) is 3.49. The molecular formula is C13H25NO2. The van der Waals surface area contributed by atoms with Gasteiger partial charge < -0.3 is 5.11 Å². The Balaban J connectivity index is 2.60. The number of hydrogen-bond acceptors (Lipinski definition) is 2. The number of carboxylic acids is 1. The van der Waals surface area contributed by atoms with Crippen LogP contribution in [0.1, 0.15) is 46.5 Å². The summed E-state index contributed by atoms with van der Waals surface area (Å²) >= 11 is 0. The summed E-state index contributed by atoms with van der Waals surface area (Å²) in [6.45, 7) is 8.89. The van der Waals surface area contributed by atoms with Crippen LogP contribution in [-0.4, -0.2) is 35.1 Å². The Labute approximate surface area is 98.8 Å². The molecule has 1 fully saturated rings. The zero-order valence-corrected chi connectivity index (χ0v) is 10.8. The highest BCUT2D eigenvalue weighted by atomic mass is 16.4. The first-order chi connectivity index (χ1) is 7.54. The Kier molecular flexibility index (Phi) is 5.26. The van der Waals surface area contributed by atoms with Crippen molar-refractivity contribution in [1.29, 1.82) is 0 Å². The molecule has 0 aromatic heterocycles. The molecule has 0 saturated carbocycles. The quantitative estimate of drug-likeness (QED) is 0.785. The van der Waals surface area contributed by atoms with E-state index in [2.05, 4.69) is 25.7 Å². The molecule has 3 nitrogen and oxygen atoms in total. The van der Waals surface area contributed by atoms with Gasteiger partial charge in [-0.3, -0.25) is 9.69 Å². The topological polar surface area (TPSA) is 40.5 Å². The predicted octanol–water partition coefficient (Wildman–Crippen LogP) is 2.61. The molecule has 1 rings (SSSR count). The highest BCUT2D eigenvalue weighted by Crippen LogP contribution is 2.29. The van der Waals surface area contributed by atoms with E-state index in [1.54, 1.807) is 0 Å². The van der Waals surface area contributed by atoms with Gasteiger partial charge in [-0.1, -0.05) is 20.8 Å². The summed E-state index contributed by atoms with van der Waals surface area (Å²) in [5.74, 6) is 0.377. The summed E-state index contributed by atoms with van der Waals surface area (Å²) in [6, 6.07) is 0.479. The fourth-order valence-electron chi connectivity index (χ4n) is 2.96. The van der Waals surface area contributed by atoms with E-state index in [0.29, 0.717) is 24.3 Å². The fourth-order valence-corrected chi connectivity index (χ4v) is 2.96. The molecule has 1 saturated heterocycles. The Morgan fingerprint density at radius 1 is 1.50 bits per heavy atom. The third-order valence-corrected chi connectivity index (χ3v) is 3.49. The van der Waals surface area contributed by atoms with Gasteiger partial charge in [0, 0.05) is 19.0 Å². The van der Waals surface area contributed by atoms with Gasteiger partial charge in [-0.15, -0.1) is 0 Å². The number of rotatable bonds is 5. The summed E-state index contributed by atoms with van der Waals surface area (Å²) in [4.78, 5) is 13.3. The van der Waals surface area contributed by atoms with Crippen LogP contribution in [0.25, 0.3) is 0 Å². The molecule has 0 bridgehead atoms. The van der Waals surface area contributed by atoms with E-state index in [9.17, 15) is 4.79 Å². The Bertz CT molecular complexity index is 228. The number of likely N-dealkylation sites (tertiary alicyclic amines) is 1. The third kappa shape index (κ3) is 3.78. The van der Waals surface area contributed by atoms with Crippen molar-refractivity contribution < 1.29 is 9.90 Å². The van der Waals surface area contributed by atoms with Crippen LogP contribution in [0.3, 0.4) is 0 Å². The van der Waals surface area contributed by atoms with Crippen LogP contribution >= 0.6 is 0 Å². The summed E-state index contributed by atoms with van der Waals surface area (Å²) in [7, 11) is 0. The van der Waals surface area contributed by atoms with Gasteiger partial charge in [0.1, 0.15) is 0 Å². The number of aliphatic carboxylic acids is 1. The van der Waals surface area contributed by atoms with Crippen molar-refractivity contribution in [2.45, 2.75) is 52.5 Å². The molecule has 16 heavy (non-hydrogen) atoms. The predicted molar refractivity (Wildman–Crippen MR) is 65.5 cm³/mol. The Morgan fingerprint density at radius 3 is 2.69 bits per heavy atom. The molecule has 0 aliphatic carbocycles. The van der Waals surface area contributed by atoms with Gasteiger partial charge in [-0.05, 0) is 37.6 Å². The maximum atomic E-state index is 10.8. The number of carboxylic acid groups (broad SMARTS) is 1. The second kappa shape index (κ2) is 6.24. The van der Waals surface area contributed by atoms with E-state index in [1.165, 1.54) is 0 Å². The normalized spacial score (nSPS) is 27.2. The van der Waals surface area contributed by atoms with Gasteiger partial charge >= 0.3 is 5.97 Å². The molecule has 0 aromatic carbocycles. The second-order valence-corrected chi connectivity index (χ2v) is 5.36. The van der Waals surface area contributed by atoms with Crippen LogP contribution in [0.5, 0.6) is 0 Å². The van der Waals surface area contributed by atoms with Crippen molar-refractivity contribution in [3.05, 3.63) is 0 Å². The van der Waals surface area contributed by atoms with Crippen molar-refractivity contribution in [3.8, 4) is 0 Å². The summed E-state index contributed by atoms with van der Waals surface area (Å²) in [5, 5.41) is 8.93. The smallest absolute Gasteiger partial charge is 0.303 e. The van der Waals surface area contributed by atoms with Crippen LogP contribution < -0.4 is 0 Å². The Hall–Kier alpha value is -0.570. The van der Waals surface area contributed by atoms with Gasteiger partial charge in [0.2, 0.25) is 0 Å². The minimum atomic E-state index is -0.644. The van der Waals surface area contributed by atoms with Crippen molar-refractivity contribution >= 4 is 5.97 Å². The van der Waals surface area contributed by atoms with Gasteiger partial charge in [-0.2, -0.15) is 0 Å². The zero-order valence-electron chi connectivity index (χ0n) is 10.8. The lowest BCUT2D eigenvalue weighted by Gasteiger charge is -2.41. The van der Waals surface area contributed by atoms with Crippen LogP contribution in [-0.2, 0) is 4.79 Å². The van der Waals surface area contributed by atoms with E-state index in [0.717, 1.165) is 32.4 Å². The van der Waals surface area contributed by atoms with E-state index in [4.69, 9.17) is 5.11 Å². The van der Waals surface area contributed by atoms with Gasteiger partial charge in [-0.25, -0.2) is 0 Å². The molecule has 0 radical (unpaired) electrons. The highest BCUT2D eigenvalue weighted by molar-refractivity contribution is 5.67. The van der Waals surface area contributed by atoms with Gasteiger partial charge in [0.05, 0.1) is 0 Å². The van der Waals surface area contributed by atoms with Crippen LogP contribution in [0.4, 0.5) is 0 Å². The monoisotopic (exact) mass is 227 g/mol. The maximum absolute atomic E-state index is 10.8. The minimum absolute atomic E-state index is 0.340. The number of hydrogen-bond donors (Lipinski definition) is 1. The molecule has 94 valence electrons. The SMILES string of the molecule is CC[C@@H]1[C@@H](CC(=O)O)CCCN1CC(C)C. The van der Waals surface area contributed by atoms with Crippen molar-refractivity contribution in [2.24, 2.45) is 11.8 Å². The lowest BCUT2D eigenvalue weighted by Crippen LogP contribution is -2.46. The molecule has 2 atom stereocenters. The van der Waals surface area contributed by atoms with E-state index < -0.39 is 5.97 Å². The largest absolute Gasteiger partial charge is 0.481 e. The van der Waals surface area contributed by atoms with Crippen LogP contribution in [0, 0.1) is 11.8 Å². The molecule has 1 heterocycles.